The van der Waals surface area contributed by atoms with Gasteiger partial charge in [0.1, 0.15) is 5.75 Å². The van der Waals surface area contributed by atoms with Gasteiger partial charge in [0.2, 0.25) is 0 Å². The minimum Gasteiger partial charge on any atom is -0.479 e. The lowest BCUT2D eigenvalue weighted by atomic mass is 9.99. The van der Waals surface area contributed by atoms with E-state index < -0.39 is 12.1 Å². The third-order valence-corrected chi connectivity index (χ3v) is 3.17. The van der Waals surface area contributed by atoms with Gasteiger partial charge in [-0.05, 0) is 36.5 Å². The molecule has 0 aromatic heterocycles. The fourth-order valence-electron chi connectivity index (χ4n) is 1.77. The SMILES string of the molecule is CCCC(Oc1ccc(C(C)CC)cc1)C(=O)O. The summed E-state index contributed by atoms with van der Waals surface area (Å²) in [5, 5.41) is 9.02. The van der Waals surface area contributed by atoms with Crippen molar-refractivity contribution >= 4 is 5.97 Å². The zero-order chi connectivity index (χ0) is 13.5. The van der Waals surface area contributed by atoms with Crippen LogP contribution in [0.15, 0.2) is 24.3 Å². The Labute approximate surface area is 109 Å². The minimum absolute atomic E-state index is 0.518. The number of carbonyl (C=O) groups is 1. The van der Waals surface area contributed by atoms with Gasteiger partial charge in [0.25, 0.3) is 0 Å². The average molecular weight is 250 g/mol. The predicted octanol–water partition coefficient (Wildman–Crippen LogP) is 3.83. The first-order chi connectivity index (χ1) is 8.58. The largest absolute Gasteiger partial charge is 0.479 e. The van der Waals surface area contributed by atoms with Crippen molar-refractivity contribution < 1.29 is 14.6 Å². The molecule has 1 rings (SSSR count). The van der Waals surface area contributed by atoms with E-state index in [0.717, 1.165) is 12.8 Å². The molecule has 0 amide bonds. The van der Waals surface area contributed by atoms with Crippen molar-refractivity contribution in [3.8, 4) is 5.75 Å². The second-order valence-corrected chi connectivity index (χ2v) is 4.61. The van der Waals surface area contributed by atoms with Crippen LogP contribution >= 0.6 is 0 Å². The lowest BCUT2D eigenvalue weighted by molar-refractivity contribution is -0.145. The van der Waals surface area contributed by atoms with Crippen LogP contribution in [0.1, 0.15) is 51.5 Å². The van der Waals surface area contributed by atoms with Gasteiger partial charge in [0.15, 0.2) is 6.10 Å². The Morgan fingerprint density at radius 2 is 1.89 bits per heavy atom. The van der Waals surface area contributed by atoms with Gasteiger partial charge in [-0.1, -0.05) is 39.3 Å². The molecule has 18 heavy (non-hydrogen) atoms. The van der Waals surface area contributed by atoms with Crippen molar-refractivity contribution in [2.45, 2.75) is 52.1 Å². The zero-order valence-corrected chi connectivity index (χ0v) is 11.3. The zero-order valence-electron chi connectivity index (χ0n) is 11.3. The van der Waals surface area contributed by atoms with Crippen LogP contribution < -0.4 is 4.74 Å². The number of benzene rings is 1. The van der Waals surface area contributed by atoms with Crippen molar-refractivity contribution in [3.05, 3.63) is 29.8 Å². The predicted molar refractivity (Wildman–Crippen MR) is 72.1 cm³/mol. The van der Waals surface area contributed by atoms with Crippen LogP contribution in [0.4, 0.5) is 0 Å². The molecule has 0 saturated heterocycles. The van der Waals surface area contributed by atoms with Gasteiger partial charge in [-0.25, -0.2) is 4.79 Å². The van der Waals surface area contributed by atoms with Gasteiger partial charge < -0.3 is 9.84 Å². The Balaban J connectivity index is 2.70. The molecule has 0 fully saturated rings. The minimum atomic E-state index is -0.900. The Morgan fingerprint density at radius 3 is 2.33 bits per heavy atom. The fourth-order valence-corrected chi connectivity index (χ4v) is 1.77. The summed E-state index contributed by atoms with van der Waals surface area (Å²) in [6.45, 7) is 6.27. The van der Waals surface area contributed by atoms with E-state index in [1.165, 1.54) is 5.56 Å². The van der Waals surface area contributed by atoms with Crippen molar-refractivity contribution in [1.29, 1.82) is 0 Å². The summed E-state index contributed by atoms with van der Waals surface area (Å²) in [6.07, 6.45) is 1.67. The maximum Gasteiger partial charge on any atom is 0.344 e. The van der Waals surface area contributed by atoms with Crippen LogP contribution in [0.3, 0.4) is 0 Å². The third-order valence-electron chi connectivity index (χ3n) is 3.17. The van der Waals surface area contributed by atoms with Crippen LogP contribution in [0, 0.1) is 0 Å². The molecule has 0 heterocycles. The summed E-state index contributed by atoms with van der Waals surface area (Å²) in [4.78, 5) is 11.0. The van der Waals surface area contributed by atoms with E-state index in [1.54, 1.807) is 0 Å². The quantitative estimate of drug-likeness (QED) is 0.800. The Kier molecular flexibility index (Phi) is 5.69. The molecule has 0 aliphatic carbocycles. The number of carboxylic acid groups (broad SMARTS) is 1. The topological polar surface area (TPSA) is 46.5 Å². The van der Waals surface area contributed by atoms with E-state index in [0.29, 0.717) is 18.1 Å². The van der Waals surface area contributed by atoms with E-state index in [2.05, 4.69) is 13.8 Å². The molecule has 1 aromatic carbocycles. The number of ether oxygens (including phenoxy) is 1. The molecule has 0 saturated carbocycles. The Morgan fingerprint density at radius 1 is 1.28 bits per heavy atom. The third kappa shape index (κ3) is 4.06. The fraction of sp³-hybridized carbons (Fsp3) is 0.533. The molecule has 2 atom stereocenters. The lowest BCUT2D eigenvalue weighted by Gasteiger charge is -2.15. The maximum atomic E-state index is 11.0. The van der Waals surface area contributed by atoms with E-state index in [-0.39, 0.29) is 0 Å². The van der Waals surface area contributed by atoms with Gasteiger partial charge in [-0.2, -0.15) is 0 Å². The Bertz CT molecular complexity index is 370. The van der Waals surface area contributed by atoms with Gasteiger partial charge >= 0.3 is 5.97 Å². The monoisotopic (exact) mass is 250 g/mol. The molecule has 3 nitrogen and oxygen atoms in total. The van der Waals surface area contributed by atoms with Crippen LogP contribution in [0.5, 0.6) is 5.75 Å². The number of hydrogen-bond donors (Lipinski definition) is 1. The molecule has 1 N–H and O–H groups in total. The first-order valence-corrected chi connectivity index (χ1v) is 6.57. The lowest BCUT2D eigenvalue weighted by Crippen LogP contribution is -2.26. The molecule has 3 heteroatoms. The summed E-state index contributed by atoms with van der Waals surface area (Å²) in [5.74, 6) is 0.246. The van der Waals surface area contributed by atoms with Crippen LogP contribution in [0.2, 0.25) is 0 Å². The standard InChI is InChI=1S/C15H22O3/c1-4-6-14(15(16)17)18-13-9-7-12(8-10-13)11(3)5-2/h7-11,14H,4-6H2,1-3H3,(H,16,17). The van der Waals surface area contributed by atoms with Crippen LogP contribution in [-0.2, 0) is 4.79 Å². The molecular weight excluding hydrogens is 228 g/mol. The highest BCUT2D eigenvalue weighted by molar-refractivity contribution is 5.72. The highest BCUT2D eigenvalue weighted by Crippen LogP contribution is 2.22. The second kappa shape index (κ2) is 7.04. The van der Waals surface area contributed by atoms with E-state index in [9.17, 15) is 4.79 Å². The normalized spacial score (nSPS) is 13.9. The van der Waals surface area contributed by atoms with Crippen LogP contribution in [-0.4, -0.2) is 17.2 Å². The van der Waals surface area contributed by atoms with Crippen molar-refractivity contribution in [3.63, 3.8) is 0 Å². The van der Waals surface area contributed by atoms with Gasteiger partial charge in [0, 0.05) is 0 Å². The molecule has 2 unspecified atom stereocenters. The second-order valence-electron chi connectivity index (χ2n) is 4.61. The Hall–Kier alpha value is -1.51. The maximum absolute atomic E-state index is 11.0. The number of rotatable bonds is 7. The first kappa shape index (κ1) is 14.6. The molecule has 0 aliphatic rings. The highest BCUT2D eigenvalue weighted by atomic mass is 16.5. The van der Waals surface area contributed by atoms with E-state index in [1.807, 2.05) is 31.2 Å². The molecular formula is C15H22O3. The van der Waals surface area contributed by atoms with Crippen molar-refractivity contribution in [2.24, 2.45) is 0 Å². The molecule has 0 radical (unpaired) electrons. The first-order valence-electron chi connectivity index (χ1n) is 6.57. The summed E-state index contributed by atoms with van der Waals surface area (Å²) in [6, 6.07) is 7.73. The average Bonchev–Trinajstić information content (AvgIpc) is 2.38. The molecule has 1 aromatic rings. The van der Waals surface area contributed by atoms with Crippen LogP contribution in [0.25, 0.3) is 0 Å². The summed E-state index contributed by atoms with van der Waals surface area (Å²) in [7, 11) is 0. The van der Waals surface area contributed by atoms with E-state index in [4.69, 9.17) is 9.84 Å². The molecule has 0 bridgehead atoms. The summed E-state index contributed by atoms with van der Waals surface area (Å²) < 4.78 is 5.49. The van der Waals surface area contributed by atoms with Gasteiger partial charge in [-0.3, -0.25) is 0 Å². The summed E-state index contributed by atoms with van der Waals surface area (Å²) >= 11 is 0. The molecule has 100 valence electrons. The van der Waals surface area contributed by atoms with Crippen molar-refractivity contribution in [2.75, 3.05) is 0 Å². The molecule has 0 aliphatic heterocycles. The highest BCUT2D eigenvalue weighted by Gasteiger charge is 2.18. The number of carboxylic acids is 1. The van der Waals surface area contributed by atoms with E-state index >= 15 is 0 Å². The molecule has 0 spiro atoms. The van der Waals surface area contributed by atoms with Gasteiger partial charge in [-0.15, -0.1) is 0 Å². The number of aliphatic carboxylic acids is 1. The number of hydrogen-bond acceptors (Lipinski definition) is 2. The smallest absolute Gasteiger partial charge is 0.344 e. The summed E-state index contributed by atoms with van der Waals surface area (Å²) in [5.41, 5.74) is 1.26. The van der Waals surface area contributed by atoms with Gasteiger partial charge in [0.05, 0.1) is 0 Å². The van der Waals surface area contributed by atoms with Crippen molar-refractivity contribution in [1.82, 2.24) is 0 Å².